The van der Waals surface area contributed by atoms with Gasteiger partial charge in [0.25, 0.3) is 0 Å². The second kappa shape index (κ2) is 5.37. The van der Waals surface area contributed by atoms with Crippen molar-refractivity contribution in [2.75, 3.05) is 12.4 Å². The predicted octanol–water partition coefficient (Wildman–Crippen LogP) is 3.19. The van der Waals surface area contributed by atoms with Gasteiger partial charge in [0.2, 0.25) is 0 Å². The Morgan fingerprint density at radius 2 is 1.80 bits per heavy atom. The fraction of sp³-hybridized carbons (Fsp3) is 0.235. The van der Waals surface area contributed by atoms with Crippen molar-refractivity contribution in [1.29, 1.82) is 0 Å². The molecule has 0 saturated carbocycles. The minimum atomic E-state index is -0.197. The molecule has 2 aromatic carbocycles. The molecule has 102 valence electrons. The van der Waals surface area contributed by atoms with Gasteiger partial charge in [0, 0.05) is 5.69 Å². The Morgan fingerprint density at radius 1 is 1.10 bits per heavy atom. The minimum Gasteiger partial charge on any atom is -0.469 e. The number of nitrogens with one attached hydrogen (secondary N) is 1. The summed E-state index contributed by atoms with van der Waals surface area (Å²) in [5, 5.41) is 3.48. The number of ether oxygens (including phenoxy) is 1. The Balaban J connectivity index is 2.00. The lowest BCUT2D eigenvalue weighted by molar-refractivity contribution is -0.146. The highest BCUT2D eigenvalue weighted by molar-refractivity contribution is 5.76. The Hall–Kier alpha value is -2.29. The third kappa shape index (κ3) is 2.27. The highest BCUT2D eigenvalue weighted by atomic mass is 16.5. The van der Waals surface area contributed by atoms with Crippen LogP contribution in [0.2, 0.25) is 0 Å². The molecule has 0 aliphatic carbocycles. The number of anilines is 1. The fourth-order valence-corrected chi connectivity index (χ4v) is 2.81. The monoisotopic (exact) mass is 267 g/mol. The third-order valence-corrected chi connectivity index (χ3v) is 3.83. The van der Waals surface area contributed by atoms with Crippen LogP contribution in [0.3, 0.4) is 0 Å². The van der Waals surface area contributed by atoms with E-state index in [1.54, 1.807) is 0 Å². The van der Waals surface area contributed by atoms with Crippen molar-refractivity contribution in [2.24, 2.45) is 5.92 Å². The summed E-state index contributed by atoms with van der Waals surface area (Å²) < 4.78 is 4.98. The number of esters is 1. The molecule has 0 spiro atoms. The molecule has 0 aromatic heterocycles. The van der Waals surface area contributed by atoms with Gasteiger partial charge < -0.3 is 10.1 Å². The average molecular weight is 267 g/mol. The molecule has 0 unspecified atom stereocenters. The minimum absolute atomic E-state index is 0.0430. The van der Waals surface area contributed by atoms with Crippen LogP contribution in [0.5, 0.6) is 0 Å². The summed E-state index contributed by atoms with van der Waals surface area (Å²) in [5.74, 6) is -0.363. The zero-order chi connectivity index (χ0) is 13.9. The number of rotatable bonds is 2. The predicted molar refractivity (Wildman–Crippen MR) is 78.5 cm³/mol. The molecule has 0 bridgehead atoms. The van der Waals surface area contributed by atoms with Gasteiger partial charge in [-0.15, -0.1) is 0 Å². The number of fused-ring (bicyclic) bond motifs is 1. The van der Waals surface area contributed by atoms with Gasteiger partial charge >= 0.3 is 5.97 Å². The summed E-state index contributed by atoms with van der Waals surface area (Å²) in [6, 6.07) is 18.1. The lowest BCUT2D eigenvalue weighted by Gasteiger charge is -2.33. The Kier molecular flexibility index (Phi) is 3.42. The van der Waals surface area contributed by atoms with Crippen molar-refractivity contribution in [3.63, 3.8) is 0 Å². The molecule has 0 amide bonds. The molecule has 3 rings (SSSR count). The van der Waals surface area contributed by atoms with E-state index in [0.717, 1.165) is 16.8 Å². The summed E-state index contributed by atoms with van der Waals surface area (Å²) in [6.07, 6.45) is 0.704. The van der Waals surface area contributed by atoms with E-state index >= 15 is 0 Å². The maximum Gasteiger partial charge on any atom is 0.311 e. The van der Waals surface area contributed by atoms with Crippen LogP contribution in [-0.2, 0) is 16.0 Å². The molecule has 3 nitrogen and oxygen atoms in total. The second-order valence-corrected chi connectivity index (χ2v) is 5.02. The van der Waals surface area contributed by atoms with Crippen LogP contribution in [0.4, 0.5) is 5.69 Å². The van der Waals surface area contributed by atoms with Gasteiger partial charge in [0.1, 0.15) is 0 Å². The summed E-state index contributed by atoms with van der Waals surface area (Å²) in [6.45, 7) is 0. The van der Waals surface area contributed by atoms with E-state index in [0.29, 0.717) is 6.42 Å². The lowest BCUT2D eigenvalue weighted by Crippen LogP contribution is -2.34. The summed E-state index contributed by atoms with van der Waals surface area (Å²) in [7, 11) is 1.45. The van der Waals surface area contributed by atoms with Crippen molar-refractivity contribution in [3.8, 4) is 0 Å². The summed E-state index contributed by atoms with van der Waals surface area (Å²) in [5.41, 5.74) is 3.37. The van der Waals surface area contributed by atoms with E-state index in [4.69, 9.17) is 4.74 Å². The first-order chi connectivity index (χ1) is 9.79. The first-order valence-electron chi connectivity index (χ1n) is 6.77. The van der Waals surface area contributed by atoms with Crippen molar-refractivity contribution >= 4 is 11.7 Å². The molecular weight excluding hydrogens is 250 g/mol. The molecule has 0 radical (unpaired) electrons. The van der Waals surface area contributed by atoms with Gasteiger partial charge in [-0.2, -0.15) is 0 Å². The Morgan fingerprint density at radius 3 is 2.55 bits per heavy atom. The zero-order valence-corrected chi connectivity index (χ0v) is 11.4. The maximum absolute atomic E-state index is 12.1. The highest BCUT2D eigenvalue weighted by Crippen LogP contribution is 2.37. The summed E-state index contributed by atoms with van der Waals surface area (Å²) >= 11 is 0. The fourth-order valence-electron chi connectivity index (χ4n) is 2.81. The van der Waals surface area contributed by atoms with Gasteiger partial charge in [-0.25, -0.2) is 0 Å². The molecule has 1 N–H and O–H groups in total. The Bertz CT molecular complexity index is 609. The summed E-state index contributed by atoms with van der Waals surface area (Å²) in [4.78, 5) is 12.1. The molecule has 1 heterocycles. The molecule has 1 aliphatic heterocycles. The molecule has 20 heavy (non-hydrogen) atoms. The molecule has 3 heteroatoms. The van der Waals surface area contributed by atoms with Crippen LogP contribution in [0.25, 0.3) is 0 Å². The van der Waals surface area contributed by atoms with Gasteiger partial charge in [-0.05, 0) is 23.6 Å². The van der Waals surface area contributed by atoms with Crippen LogP contribution < -0.4 is 5.32 Å². The lowest BCUT2D eigenvalue weighted by atomic mass is 9.83. The topological polar surface area (TPSA) is 38.3 Å². The van der Waals surface area contributed by atoms with Gasteiger partial charge in [0.05, 0.1) is 19.1 Å². The van der Waals surface area contributed by atoms with Crippen LogP contribution in [-0.4, -0.2) is 13.1 Å². The molecule has 2 aromatic rings. The number of hydrogen-bond donors (Lipinski definition) is 1. The number of benzene rings is 2. The van der Waals surface area contributed by atoms with Crippen molar-refractivity contribution < 1.29 is 9.53 Å². The Labute approximate surface area is 118 Å². The van der Waals surface area contributed by atoms with Gasteiger partial charge in [-0.3, -0.25) is 4.79 Å². The molecule has 1 aliphatic rings. The van der Waals surface area contributed by atoms with Crippen molar-refractivity contribution in [2.45, 2.75) is 12.5 Å². The first-order valence-corrected chi connectivity index (χ1v) is 6.77. The largest absolute Gasteiger partial charge is 0.469 e. The van der Waals surface area contributed by atoms with Crippen LogP contribution >= 0.6 is 0 Å². The van der Waals surface area contributed by atoms with Gasteiger partial charge in [-0.1, -0.05) is 48.5 Å². The number of carbonyl (C=O) groups is 1. The smallest absolute Gasteiger partial charge is 0.311 e. The van der Waals surface area contributed by atoms with E-state index in [-0.39, 0.29) is 17.9 Å². The number of para-hydroxylation sites is 1. The van der Waals surface area contributed by atoms with Crippen LogP contribution in [0.15, 0.2) is 54.6 Å². The quantitative estimate of drug-likeness (QED) is 0.849. The molecular formula is C17H17NO2. The normalized spacial score (nSPS) is 20.6. The third-order valence-electron chi connectivity index (χ3n) is 3.83. The number of carbonyl (C=O) groups excluding carboxylic acids is 1. The highest BCUT2D eigenvalue weighted by Gasteiger charge is 2.34. The second-order valence-electron chi connectivity index (χ2n) is 5.02. The number of methoxy groups -OCH3 is 1. The van der Waals surface area contributed by atoms with E-state index in [9.17, 15) is 4.79 Å². The molecule has 0 fully saturated rings. The van der Waals surface area contributed by atoms with E-state index in [1.807, 2.05) is 42.5 Å². The molecule has 2 atom stereocenters. The van der Waals surface area contributed by atoms with Gasteiger partial charge in [0.15, 0.2) is 0 Å². The van der Waals surface area contributed by atoms with Crippen molar-refractivity contribution in [3.05, 3.63) is 65.7 Å². The van der Waals surface area contributed by atoms with E-state index in [1.165, 1.54) is 7.11 Å². The average Bonchev–Trinajstić information content (AvgIpc) is 2.53. The standard InChI is InChI=1S/C17H17NO2/c1-20-17(19)14-11-13-9-5-6-10-15(13)18-16(14)12-7-3-2-4-8-12/h2-10,14,16,18H,11H2,1H3/t14-,16-/m1/s1. The first kappa shape index (κ1) is 12.7. The van der Waals surface area contributed by atoms with E-state index in [2.05, 4.69) is 17.4 Å². The van der Waals surface area contributed by atoms with E-state index < -0.39 is 0 Å². The van der Waals surface area contributed by atoms with Crippen LogP contribution in [0.1, 0.15) is 17.2 Å². The zero-order valence-electron chi connectivity index (χ0n) is 11.4. The SMILES string of the molecule is COC(=O)[C@@H]1Cc2ccccc2N[C@@H]1c1ccccc1. The molecule has 0 saturated heterocycles. The van der Waals surface area contributed by atoms with Crippen molar-refractivity contribution in [1.82, 2.24) is 0 Å². The maximum atomic E-state index is 12.1. The van der Waals surface area contributed by atoms with Crippen LogP contribution in [0, 0.1) is 5.92 Å². The number of hydrogen-bond acceptors (Lipinski definition) is 3.